The van der Waals surface area contributed by atoms with E-state index in [0.717, 1.165) is 0 Å². The molecule has 1 aromatic carbocycles. The molecule has 0 saturated carbocycles. The summed E-state index contributed by atoms with van der Waals surface area (Å²) >= 11 is 0. The molecule has 0 aliphatic heterocycles. The first-order valence-corrected chi connectivity index (χ1v) is 8.15. The minimum absolute atomic E-state index is 0.0129. The zero-order valence-electron chi connectivity index (χ0n) is 15.4. The Balaban J connectivity index is 2.46. The Morgan fingerprint density at radius 3 is 2.32 bits per heavy atom. The van der Waals surface area contributed by atoms with E-state index < -0.39 is 11.9 Å². The highest BCUT2D eigenvalue weighted by Crippen LogP contribution is 2.12. The van der Waals surface area contributed by atoms with Crippen LogP contribution in [-0.4, -0.2) is 55.0 Å². The summed E-state index contributed by atoms with van der Waals surface area (Å²) in [7, 11) is 1.50. The minimum atomic E-state index is -0.669. The Labute approximate surface area is 148 Å². The maximum absolute atomic E-state index is 12.1. The first-order valence-electron chi connectivity index (χ1n) is 8.15. The highest BCUT2D eigenvalue weighted by atomic mass is 16.5. The summed E-state index contributed by atoms with van der Waals surface area (Å²) in [4.78, 5) is 37.5. The number of esters is 1. The lowest BCUT2D eigenvalue weighted by Gasteiger charge is -2.30. The lowest BCUT2D eigenvalue weighted by molar-refractivity contribution is -0.152. The van der Waals surface area contributed by atoms with E-state index in [9.17, 15) is 14.4 Å². The molecule has 25 heavy (non-hydrogen) atoms. The smallest absolute Gasteiger partial charge is 0.325 e. The third kappa shape index (κ3) is 6.45. The summed E-state index contributed by atoms with van der Waals surface area (Å²) in [6, 6.07) is 6.59. The summed E-state index contributed by atoms with van der Waals surface area (Å²) in [6.07, 6.45) is 0. The van der Waals surface area contributed by atoms with Crippen molar-refractivity contribution in [3.05, 3.63) is 29.8 Å². The molecule has 0 fully saturated rings. The SMILES string of the molecule is COc1cccc(C(=O)NCC(=O)OCC(=O)N(C(C)C)C(C)C)c1. The molecule has 1 N–H and O–H groups in total. The molecule has 1 rings (SSSR count). The highest BCUT2D eigenvalue weighted by molar-refractivity contribution is 5.96. The van der Waals surface area contributed by atoms with Crippen molar-refractivity contribution in [2.75, 3.05) is 20.3 Å². The monoisotopic (exact) mass is 350 g/mol. The van der Waals surface area contributed by atoms with Crippen LogP contribution < -0.4 is 10.1 Å². The van der Waals surface area contributed by atoms with Crippen LogP contribution in [0, 0.1) is 0 Å². The second-order valence-corrected chi connectivity index (χ2v) is 6.06. The number of nitrogens with one attached hydrogen (secondary N) is 1. The number of hydrogen-bond donors (Lipinski definition) is 1. The van der Waals surface area contributed by atoms with Gasteiger partial charge in [0.2, 0.25) is 0 Å². The van der Waals surface area contributed by atoms with E-state index >= 15 is 0 Å². The van der Waals surface area contributed by atoms with Gasteiger partial charge in [0.25, 0.3) is 11.8 Å². The van der Waals surface area contributed by atoms with Gasteiger partial charge in [-0.3, -0.25) is 14.4 Å². The fraction of sp³-hybridized carbons (Fsp3) is 0.500. The van der Waals surface area contributed by atoms with Crippen LogP contribution in [0.1, 0.15) is 38.1 Å². The van der Waals surface area contributed by atoms with Crippen LogP contribution in [0.15, 0.2) is 24.3 Å². The first-order chi connectivity index (χ1) is 11.8. The number of nitrogens with zero attached hydrogens (tertiary/aromatic N) is 1. The van der Waals surface area contributed by atoms with Crippen molar-refractivity contribution >= 4 is 17.8 Å². The quantitative estimate of drug-likeness (QED) is 0.720. The van der Waals surface area contributed by atoms with Crippen molar-refractivity contribution in [1.29, 1.82) is 0 Å². The van der Waals surface area contributed by atoms with Crippen LogP contribution in [0.4, 0.5) is 0 Å². The largest absolute Gasteiger partial charge is 0.497 e. The summed E-state index contributed by atoms with van der Waals surface area (Å²) in [5.41, 5.74) is 0.369. The number of amides is 2. The van der Waals surface area contributed by atoms with Gasteiger partial charge in [0.1, 0.15) is 12.3 Å². The lowest BCUT2D eigenvalue weighted by Crippen LogP contribution is -2.44. The van der Waals surface area contributed by atoms with Gasteiger partial charge in [-0.1, -0.05) is 6.07 Å². The van der Waals surface area contributed by atoms with Crippen molar-refractivity contribution in [2.45, 2.75) is 39.8 Å². The molecule has 1 aromatic rings. The van der Waals surface area contributed by atoms with Crippen LogP contribution in [0.3, 0.4) is 0 Å². The summed E-state index contributed by atoms with van der Waals surface area (Å²) in [6.45, 7) is 6.93. The van der Waals surface area contributed by atoms with Gasteiger partial charge in [-0.2, -0.15) is 0 Å². The van der Waals surface area contributed by atoms with Crippen molar-refractivity contribution in [1.82, 2.24) is 10.2 Å². The Kier molecular flexibility index (Phi) is 7.91. The molecule has 0 aliphatic carbocycles. The minimum Gasteiger partial charge on any atom is -0.497 e. The van der Waals surface area contributed by atoms with Gasteiger partial charge >= 0.3 is 5.97 Å². The molecule has 138 valence electrons. The Bertz CT molecular complexity index is 605. The second kappa shape index (κ2) is 9.66. The van der Waals surface area contributed by atoms with E-state index in [-0.39, 0.29) is 31.1 Å². The van der Waals surface area contributed by atoms with Crippen molar-refractivity contribution in [3.8, 4) is 5.75 Å². The molecular formula is C18H26N2O5. The average molecular weight is 350 g/mol. The van der Waals surface area contributed by atoms with Crippen molar-refractivity contribution < 1.29 is 23.9 Å². The van der Waals surface area contributed by atoms with E-state index in [1.807, 2.05) is 27.7 Å². The Hall–Kier alpha value is -2.57. The molecule has 7 heteroatoms. The molecule has 0 radical (unpaired) electrons. The molecule has 0 aliphatic rings. The van der Waals surface area contributed by atoms with Gasteiger partial charge in [0.15, 0.2) is 6.61 Å². The average Bonchev–Trinajstić information content (AvgIpc) is 2.57. The molecule has 0 bridgehead atoms. The van der Waals surface area contributed by atoms with E-state index in [1.165, 1.54) is 7.11 Å². The lowest BCUT2D eigenvalue weighted by atomic mass is 10.2. The Morgan fingerprint density at radius 2 is 1.76 bits per heavy atom. The van der Waals surface area contributed by atoms with Crippen molar-refractivity contribution in [2.24, 2.45) is 0 Å². The van der Waals surface area contributed by atoms with E-state index in [2.05, 4.69) is 5.32 Å². The van der Waals surface area contributed by atoms with E-state index in [4.69, 9.17) is 9.47 Å². The van der Waals surface area contributed by atoms with Crippen molar-refractivity contribution in [3.63, 3.8) is 0 Å². The van der Waals surface area contributed by atoms with Gasteiger partial charge in [-0.15, -0.1) is 0 Å². The number of carbonyl (C=O) groups is 3. The molecule has 0 heterocycles. The second-order valence-electron chi connectivity index (χ2n) is 6.06. The molecule has 0 saturated heterocycles. The molecule has 0 atom stereocenters. The van der Waals surface area contributed by atoms with Crippen LogP contribution in [0.5, 0.6) is 5.75 Å². The van der Waals surface area contributed by atoms with Gasteiger partial charge in [0, 0.05) is 17.6 Å². The maximum Gasteiger partial charge on any atom is 0.325 e. The number of ether oxygens (including phenoxy) is 2. The number of carbonyl (C=O) groups excluding carboxylic acids is 3. The van der Waals surface area contributed by atoms with E-state index in [0.29, 0.717) is 11.3 Å². The maximum atomic E-state index is 12.1. The molecule has 2 amide bonds. The third-order valence-corrected chi connectivity index (χ3v) is 3.48. The van der Waals surface area contributed by atoms with Gasteiger partial charge in [-0.05, 0) is 45.9 Å². The predicted molar refractivity (Wildman–Crippen MR) is 93.4 cm³/mol. The fourth-order valence-corrected chi connectivity index (χ4v) is 2.46. The zero-order valence-corrected chi connectivity index (χ0v) is 15.4. The normalized spacial score (nSPS) is 10.5. The van der Waals surface area contributed by atoms with Gasteiger partial charge < -0.3 is 19.7 Å². The molecule has 0 spiro atoms. The summed E-state index contributed by atoms with van der Waals surface area (Å²) < 4.78 is 9.99. The zero-order chi connectivity index (χ0) is 19.0. The predicted octanol–water partition coefficient (Wildman–Crippen LogP) is 1.61. The van der Waals surface area contributed by atoms with E-state index in [1.54, 1.807) is 29.2 Å². The molecule has 0 aromatic heterocycles. The molecule has 0 unspecified atom stereocenters. The molecule has 7 nitrogen and oxygen atoms in total. The highest BCUT2D eigenvalue weighted by Gasteiger charge is 2.21. The van der Waals surface area contributed by atoms with Gasteiger partial charge in [-0.25, -0.2) is 0 Å². The number of rotatable bonds is 8. The van der Waals surface area contributed by atoms with Crippen LogP contribution in [-0.2, 0) is 14.3 Å². The summed E-state index contributed by atoms with van der Waals surface area (Å²) in [5, 5.41) is 2.45. The fourth-order valence-electron chi connectivity index (χ4n) is 2.46. The van der Waals surface area contributed by atoms with Crippen LogP contribution >= 0.6 is 0 Å². The van der Waals surface area contributed by atoms with Crippen LogP contribution in [0.2, 0.25) is 0 Å². The number of benzene rings is 1. The topological polar surface area (TPSA) is 84.9 Å². The number of methoxy groups -OCH3 is 1. The molecular weight excluding hydrogens is 324 g/mol. The van der Waals surface area contributed by atoms with Crippen LogP contribution in [0.25, 0.3) is 0 Å². The third-order valence-electron chi connectivity index (χ3n) is 3.48. The first kappa shape index (κ1) is 20.5. The summed E-state index contributed by atoms with van der Waals surface area (Å²) in [5.74, 6) is -0.814. The van der Waals surface area contributed by atoms with Gasteiger partial charge in [0.05, 0.1) is 7.11 Å². The number of hydrogen-bond acceptors (Lipinski definition) is 5. The Morgan fingerprint density at radius 1 is 1.12 bits per heavy atom. The standard InChI is InChI=1S/C18H26N2O5/c1-12(2)20(13(3)4)16(21)11-25-17(22)10-19-18(23)14-7-6-8-15(9-14)24-5/h6-9,12-13H,10-11H2,1-5H3,(H,19,23).